The first-order valence-corrected chi connectivity index (χ1v) is 22.2. The van der Waals surface area contributed by atoms with Crippen LogP contribution in [0.5, 0.6) is 0 Å². The minimum absolute atomic E-state index is 0.000854. The molecule has 1 aliphatic rings. The van der Waals surface area contributed by atoms with Gasteiger partial charge in [-0.25, -0.2) is 24.2 Å². The summed E-state index contributed by atoms with van der Waals surface area (Å²) in [6.07, 6.45) is 1.65. The molecule has 0 bridgehead atoms. The van der Waals surface area contributed by atoms with Gasteiger partial charge in [-0.05, 0) is 65.3 Å². The van der Waals surface area contributed by atoms with E-state index in [0.29, 0.717) is 11.3 Å². The minimum atomic E-state index is -1.46. The molecular weight excluding hydrogens is 845 g/mol. The second kappa shape index (κ2) is 20.5. The van der Waals surface area contributed by atoms with Crippen LogP contribution in [0, 0.1) is 0 Å². The summed E-state index contributed by atoms with van der Waals surface area (Å²) in [5, 5.41) is 5.23. The third-order valence-electron chi connectivity index (χ3n) is 11.5. The number of alkyl carbamates (subject to hydrolysis) is 2. The van der Waals surface area contributed by atoms with Gasteiger partial charge in [0.15, 0.2) is 6.04 Å². The maximum Gasteiger partial charge on any atom is 0.408 e. The van der Waals surface area contributed by atoms with Crippen molar-refractivity contribution in [3.63, 3.8) is 0 Å². The topological polar surface area (TPSA) is 147 Å². The van der Waals surface area contributed by atoms with Crippen molar-refractivity contribution >= 4 is 24.1 Å². The van der Waals surface area contributed by atoms with Crippen molar-refractivity contribution in [1.82, 2.24) is 20.2 Å². The highest BCUT2D eigenvalue weighted by Crippen LogP contribution is 2.45. The standard InChI is InChI=1S/C55H52N4O8/c1-54(2,3)67-53(63)58-49(51(61)64-34-38-20-8-4-9-21-38)36-65-50(60)48(57-52(62)66-35-47-45-30-18-16-28-43(45)44-29-17-19-31-46(44)47)32-42-33-59(37-56-42)55(39-22-10-5-11-23-39,40-24-12-6-13-25-40)41-26-14-7-15-27-41/h4-31,33,37,47-49H,32,34-36H2,1-3H3,(H,57,62)(H,58,63)/t48-,49+/m1/s1. The van der Waals surface area contributed by atoms with Crippen LogP contribution in [0.3, 0.4) is 0 Å². The molecule has 340 valence electrons. The van der Waals surface area contributed by atoms with E-state index >= 15 is 0 Å². The SMILES string of the molecule is CC(C)(C)OC(=O)N[C@@H](COC(=O)[C@@H](Cc1cn(C(c2ccccc2)(c2ccccc2)c2ccccc2)cn1)NC(=O)OCC1c2ccccc2-c2ccccc21)C(=O)OCc1ccccc1. The molecule has 12 nitrogen and oxygen atoms in total. The molecule has 0 saturated heterocycles. The number of fused-ring (bicyclic) bond motifs is 3. The average molecular weight is 897 g/mol. The smallest absolute Gasteiger partial charge is 0.408 e. The molecule has 2 amide bonds. The van der Waals surface area contributed by atoms with Crippen LogP contribution in [0.25, 0.3) is 11.1 Å². The Bertz CT molecular complexity index is 2650. The first-order valence-electron chi connectivity index (χ1n) is 22.2. The molecule has 0 spiro atoms. The summed E-state index contributed by atoms with van der Waals surface area (Å²) in [5.74, 6) is -2.00. The molecule has 67 heavy (non-hydrogen) atoms. The summed E-state index contributed by atoms with van der Waals surface area (Å²) in [6, 6.07) is 52.4. The van der Waals surface area contributed by atoms with Crippen LogP contribution in [-0.4, -0.2) is 64.6 Å². The lowest BCUT2D eigenvalue weighted by Crippen LogP contribution is -2.49. The largest absolute Gasteiger partial charge is 0.461 e. The van der Waals surface area contributed by atoms with Crippen LogP contribution in [0.2, 0.25) is 0 Å². The van der Waals surface area contributed by atoms with Gasteiger partial charge in [-0.3, -0.25) is 0 Å². The van der Waals surface area contributed by atoms with Crippen molar-refractivity contribution < 1.29 is 38.1 Å². The van der Waals surface area contributed by atoms with Crippen LogP contribution < -0.4 is 10.6 Å². The zero-order chi connectivity index (χ0) is 46.8. The molecule has 7 aromatic rings. The fourth-order valence-electron chi connectivity index (χ4n) is 8.54. The summed E-state index contributed by atoms with van der Waals surface area (Å²) in [5.41, 5.74) is 6.46. The molecule has 1 aliphatic carbocycles. The van der Waals surface area contributed by atoms with Crippen LogP contribution in [0.4, 0.5) is 9.59 Å². The Morgan fingerprint density at radius 2 is 1.06 bits per heavy atom. The van der Waals surface area contributed by atoms with E-state index in [9.17, 15) is 19.2 Å². The zero-order valence-electron chi connectivity index (χ0n) is 37.5. The molecule has 1 heterocycles. The Labute approximate surface area is 389 Å². The highest BCUT2D eigenvalue weighted by atomic mass is 16.6. The first-order chi connectivity index (χ1) is 32.5. The van der Waals surface area contributed by atoms with E-state index in [1.165, 1.54) is 0 Å². The molecule has 0 aliphatic heterocycles. The van der Waals surface area contributed by atoms with Gasteiger partial charge in [0.05, 0.1) is 12.0 Å². The molecule has 12 heteroatoms. The van der Waals surface area contributed by atoms with E-state index in [-0.39, 0.29) is 25.6 Å². The highest BCUT2D eigenvalue weighted by molar-refractivity contribution is 5.84. The fraction of sp³-hybridized carbons (Fsp3) is 0.218. The number of carbonyl (C=O) groups excluding carboxylic acids is 4. The highest BCUT2D eigenvalue weighted by Gasteiger charge is 2.39. The van der Waals surface area contributed by atoms with Gasteiger partial charge >= 0.3 is 24.1 Å². The minimum Gasteiger partial charge on any atom is -0.461 e. The number of amides is 2. The number of rotatable bonds is 16. The molecule has 8 rings (SSSR count). The summed E-state index contributed by atoms with van der Waals surface area (Å²) in [7, 11) is 0. The fourth-order valence-corrected chi connectivity index (χ4v) is 8.54. The summed E-state index contributed by atoms with van der Waals surface area (Å²) in [4.78, 5) is 59.5. The lowest BCUT2D eigenvalue weighted by molar-refractivity contribution is -0.154. The number of nitrogens with one attached hydrogen (secondary N) is 2. The normalized spacial score (nSPS) is 13.0. The van der Waals surface area contributed by atoms with E-state index < -0.39 is 54.0 Å². The molecule has 0 unspecified atom stereocenters. The third kappa shape index (κ3) is 10.6. The van der Waals surface area contributed by atoms with E-state index in [4.69, 9.17) is 23.9 Å². The predicted octanol–water partition coefficient (Wildman–Crippen LogP) is 9.35. The summed E-state index contributed by atoms with van der Waals surface area (Å²) in [6.45, 7) is 4.31. The van der Waals surface area contributed by atoms with Gasteiger partial charge in [-0.2, -0.15) is 0 Å². The molecule has 6 aromatic carbocycles. The molecule has 2 atom stereocenters. The maximum absolute atomic E-state index is 14.3. The number of carbonyl (C=O) groups is 4. The zero-order valence-corrected chi connectivity index (χ0v) is 37.5. The van der Waals surface area contributed by atoms with Crippen molar-refractivity contribution in [2.45, 2.75) is 62.9 Å². The van der Waals surface area contributed by atoms with Gasteiger partial charge in [0.1, 0.15) is 37.0 Å². The lowest BCUT2D eigenvalue weighted by atomic mass is 9.77. The van der Waals surface area contributed by atoms with E-state index in [0.717, 1.165) is 38.9 Å². The molecule has 0 radical (unpaired) electrons. The molecule has 2 N–H and O–H groups in total. The quantitative estimate of drug-likeness (QED) is 0.0550. The van der Waals surface area contributed by atoms with Crippen molar-refractivity contribution in [2.75, 3.05) is 13.2 Å². The lowest BCUT2D eigenvalue weighted by Gasteiger charge is -2.37. The Morgan fingerprint density at radius 1 is 0.582 bits per heavy atom. The molecule has 0 fully saturated rings. The summed E-state index contributed by atoms with van der Waals surface area (Å²) < 4.78 is 24.6. The monoisotopic (exact) mass is 896 g/mol. The Hall–Kier alpha value is -7.99. The third-order valence-corrected chi connectivity index (χ3v) is 11.5. The Morgan fingerprint density at radius 3 is 1.60 bits per heavy atom. The van der Waals surface area contributed by atoms with Gasteiger partial charge in [-0.15, -0.1) is 0 Å². The van der Waals surface area contributed by atoms with Crippen LogP contribution >= 0.6 is 0 Å². The van der Waals surface area contributed by atoms with Crippen molar-refractivity contribution in [3.8, 4) is 11.1 Å². The van der Waals surface area contributed by atoms with E-state index in [1.807, 2.05) is 120 Å². The second-order valence-electron chi connectivity index (χ2n) is 17.2. The van der Waals surface area contributed by atoms with Gasteiger partial charge in [0, 0.05) is 18.5 Å². The van der Waals surface area contributed by atoms with Crippen molar-refractivity contribution in [2.24, 2.45) is 0 Å². The number of aromatic nitrogens is 2. The number of hydrogen-bond donors (Lipinski definition) is 2. The first kappa shape index (κ1) is 45.6. The second-order valence-corrected chi connectivity index (χ2v) is 17.2. The number of benzene rings is 6. The maximum atomic E-state index is 14.3. The van der Waals surface area contributed by atoms with Gasteiger partial charge in [-0.1, -0.05) is 170 Å². The molecular formula is C55H52N4O8. The predicted molar refractivity (Wildman–Crippen MR) is 253 cm³/mol. The van der Waals surface area contributed by atoms with E-state index in [2.05, 4.69) is 47.0 Å². The number of esters is 2. The van der Waals surface area contributed by atoms with Crippen LogP contribution in [-0.2, 0) is 47.1 Å². The van der Waals surface area contributed by atoms with Gasteiger partial charge in [0.25, 0.3) is 0 Å². The Kier molecular flexibility index (Phi) is 13.9. The number of ether oxygens (including phenoxy) is 4. The van der Waals surface area contributed by atoms with Gasteiger partial charge in [0.2, 0.25) is 0 Å². The number of hydrogen-bond acceptors (Lipinski definition) is 9. The van der Waals surface area contributed by atoms with Crippen LogP contribution in [0.1, 0.15) is 65.8 Å². The molecule has 0 saturated carbocycles. The van der Waals surface area contributed by atoms with Crippen molar-refractivity contribution in [3.05, 3.63) is 221 Å². The Balaban J connectivity index is 1.08. The number of nitrogens with zero attached hydrogens (tertiary/aromatic N) is 2. The van der Waals surface area contributed by atoms with Crippen LogP contribution in [0.15, 0.2) is 182 Å². The number of imidazole rings is 1. The average Bonchev–Trinajstić information content (AvgIpc) is 3.94. The summed E-state index contributed by atoms with van der Waals surface area (Å²) >= 11 is 0. The molecule has 1 aromatic heterocycles. The van der Waals surface area contributed by atoms with Gasteiger partial charge < -0.3 is 34.1 Å². The van der Waals surface area contributed by atoms with E-state index in [1.54, 1.807) is 51.4 Å². The van der Waals surface area contributed by atoms with Crippen molar-refractivity contribution in [1.29, 1.82) is 0 Å².